The lowest BCUT2D eigenvalue weighted by atomic mass is 10.2. The highest BCUT2D eigenvalue weighted by Crippen LogP contribution is 2.24. The van der Waals surface area contributed by atoms with E-state index < -0.39 is 0 Å². The molecule has 0 saturated carbocycles. The topological polar surface area (TPSA) is 42.4 Å². The van der Waals surface area contributed by atoms with Gasteiger partial charge in [-0.25, -0.2) is 4.98 Å². The molecule has 6 heteroatoms. The van der Waals surface area contributed by atoms with E-state index in [-0.39, 0.29) is 5.91 Å². The summed E-state index contributed by atoms with van der Waals surface area (Å²) < 4.78 is 5.91. The predicted octanol–water partition coefficient (Wildman–Crippen LogP) is 3.49. The fourth-order valence-corrected chi connectivity index (χ4v) is 2.82. The van der Waals surface area contributed by atoms with Gasteiger partial charge in [0.15, 0.2) is 0 Å². The first kappa shape index (κ1) is 15.0. The molecule has 0 radical (unpaired) electrons. The number of carbonyl (C=O) groups is 1. The van der Waals surface area contributed by atoms with Gasteiger partial charge in [0, 0.05) is 16.9 Å². The van der Waals surface area contributed by atoms with Crippen LogP contribution < -0.4 is 4.74 Å². The number of methoxy groups -OCH3 is 1. The lowest BCUT2D eigenvalue weighted by Gasteiger charge is -2.17. The zero-order valence-electron chi connectivity index (χ0n) is 11.5. The van der Waals surface area contributed by atoms with Gasteiger partial charge in [0.2, 0.25) is 0 Å². The molecule has 1 aromatic heterocycles. The van der Waals surface area contributed by atoms with Crippen molar-refractivity contribution in [1.82, 2.24) is 9.88 Å². The summed E-state index contributed by atoms with van der Waals surface area (Å²) in [5.74, 6) is 0.593. The van der Waals surface area contributed by atoms with Crippen molar-refractivity contribution in [1.29, 1.82) is 0 Å². The molecule has 1 amide bonds. The van der Waals surface area contributed by atoms with E-state index in [4.69, 9.17) is 4.74 Å². The fourth-order valence-electron chi connectivity index (χ4n) is 1.80. The van der Waals surface area contributed by atoms with E-state index in [1.165, 1.54) is 0 Å². The lowest BCUT2D eigenvalue weighted by Crippen LogP contribution is -2.26. The molecule has 0 spiro atoms. The van der Waals surface area contributed by atoms with E-state index in [1.54, 1.807) is 36.5 Å². The van der Waals surface area contributed by atoms with Gasteiger partial charge in [-0.2, -0.15) is 0 Å². The number of nitrogens with zero attached hydrogens (tertiary/aromatic N) is 2. The van der Waals surface area contributed by atoms with E-state index in [9.17, 15) is 4.79 Å². The van der Waals surface area contributed by atoms with Gasteiger partial charge in [-0.15, -0.1) is 11.3 Å². The van der Waals surface area contributed by atoms with Gasteiger partial charge in [-0.3, -0.25) is 4.79 Å². The van der Waals surface area contributed by atoms with Crippen LogP contribution in [0.2, 0.25) is 0 Å². The van der Waals surface area contributed by atoms with Crippen molar-refractivity contribution in [3.63, 3.8) is 0 Å². The number of thiazole rings is 1. The van der Waals surface area contributed by atoms with Crippen molar-refractivity contribution in [2.24, 2.45) is 0 Å². The van der Waals surface area contributed by atoms with Crippen molar-refractivity contribution in [3.8, 4) is 5.75 Å². The molecule has 0 unspecified atom stereocenters. The second-order valence-electron chi connectivity index (χ2n) is 4.36. The normalized spacial score (nSPS) is 10.4. The molecule has 20 heavy (non-hydrogen) atoms. The van der Waals surface area contributed by atoms with Crippen molar-refractivity contribution in [2.75, 3.05) is 14.2 Å². The number of aryl methyl sites for hydroxylation is 1. The first-order valence-electron chi connectivity index (χ1n) is 6.01. The Balaban J connectivity index is 2.17. The second-order valence-corrected chi connectivity index (χ2v) is 6.28. The molecule has 4 nitrogen and oxygen atoms in total. The van der Waals surface area contributed by atoms with Gasteiger partial charge < -0.3 is 9.64 Å². The molecule has 1 aromatic carbocycles. The molecule has 0 aliphatic rings. The summed E-state index contributed by atoms with van der Waals surface area (Å²) in [5, 5.41) is 2.98. The largest absolute Gasteiger partial charge is 0.497 e. The zero-order valence-corrected chi connectivity index (χ0v) is 13.9. The Kier molecular flexibility index (Phi) is 4.77. The standard InChI is InChI=1S/C14H15BrN2O2S/c1-9-16-10(8-20-9)7-17(2)14(18)12-6-11(19-3)4-5-13(12)15/h4-6,8H,7H2,1-3H3. The molecular weight excluding hydrogens is 340 g/mol. The van der Waals surface area contributed by atoms with Crippen LogP contribution in [0.1, 0.15) is 21.1 Å². The Morgan fingerprint density at radius 2 is 2.25 bits per heavy atom. The van der Waals surface area contributed by atoms with Gasteiger partial charge in [-0.05, 0) is 41.1 Å². The van der Waals surface area contributed by atoms with Crippen LogP contribution in [-0.2, 0) is 6.54 Å². The molecule has 0 aliphatic heterocycles. The van der Waals surface area contributed by atoms with E-state index in [0.29, 0.717) is 17.9 Å². The minimum absolute atomic E-state index is 0.0681. The minimum atomic E-state index is -0.0681. The third-order valence-corrected chi connectivity index (χ3v) is 4.33. The van der Waals surface area contributed by atoms with Crippen molar-refractivity contribution >= 4 is 33.2 Å². The van der Waals surface area contributed by atoms with Crippen LogP contribution in [0.5, 0.6) is 5.75 Å². The maximum absolute atomic E-state index is 12.5. The Hall–Kier alpha value is -1.40. The van der Waals surface area contributed by atoms with Crippen molar-refractivity contribution < 1.29 is 9.53 Å². The Morgan fingerprint density at radius 1 is 1.50 bits per heavy atom. The number of ether oxygens (including phenoxy) is 1. The summed E-state index contributed by atoms with van der Waals surface area (Å²) in [7, 11) is 3.35. The Morgan fingerprint density at radius 3 is 2.85 bits per heavy atom. The highest BCUT2D eigenvalue weighted by atomic mass is 79.9. The van der Waals surface area contributed by atoms with Crippen LogP contribution in [0, 0.1) is 6.92 Å². The molecule has 0 aliphatic carbocycles. The average molecular weight is 355 g/mol. The van der Waals surface area contributed by atoms with Crippen molar-refractivity contribution in [2.45, 2.75) is 13.5 Å². The molecule has 0 bridgehead atoms. The van der Waals surface area contributed by atoms with E-state index in [1.807, 2.05) is 24.4 Å². The molecule has 0 atom stereocenters. The van der Waals surface area contributed by atoms with E-state index in [0.717, 1.165) is 15.2 Å². The second kappa shape index (κ2) is 6.37. The van der Waals surface area contributed by atoms with Crippen LogP contribution in [-0.4, -0.2) is 29.9 Å². The first-order chi connectivity index (χ1) is 9.51. The summed E-state index contributed by atoms with van der Waals surface area (Å²) in [6, 6.07) is 5.35. The van der Waals surface area contributed by atoms with Gasteiger partial charge in [0.1, 0.15) is 5.75 Å². The number of hydrogen-bond donors (Lipinski definition) is 0. The summed E-state index contributed by atoms with van der Waals surface area (Å²) in [6.07, 6.45) is 0. The number of rotatable bonds is 4. The van der Waals surface area contributed by atoms with Crippen LogP contribution in [0.15, 0.2) is 28.1 Å². The highest BCUT2D eigenvalue weighted by molar-refractivity contribution is 9.10. The molecule has 0 saturated heterocycles. The highest BCUT2D eigenvalue weighted by Gasteiger charge is 2.17. The van der Waals surface area contributed by atoms with E-state index in [2.05, 4.69) is 20.9 Å². The Labute approximate surface area is 130 Å². The van der Waals surface area contributed by atoms with E-state index >= 15 is 0 Å². The fraction of sp³-hybridized carbons (Fsp3) is 0.286. The van der Waals surface area contributed by atoms with Gasteiger partial charge >= 0.3 is 0 Å². The number of amides is 1. The summed E-state index contributed by atoms with van der Waals surface area (Å²) in [4.78, 5) is 18.5. The SMILES string of the molecule is COc1ccc(Br)c(C(=O)N(C)Cc2csc(C)n2)c1. The molecule has 2 rings (SSSR count). The zero-order chi connectivity index (χ0) is 14.7. The molecule has 106 valence electrons. The van der Waals surface area contributed by atoms with Crippen LogP contribution >= 0.6 is 27.3 Å². The lowest BCUT2D eigenvalue weighted by molar-refractivity contribution is 0.0782. The molecule has 1 heterocycles. The molecule has 2 aromatic rings. The van der Waals surface area contributed by atoms with Gasteiger partial charge in [-0.1, -0.05) is 0 Å². The number of hydrogen-bond acceptors (Lipinski definition) is 4. The molecular formula is C14H15BrN2O2S. The van der Waals surface area contributed by atoms with Crippen molar-refractivity contribution in [3.05, 3.63) is 44.3 Å². The molecule has 0 N–H and O–H groups in total. The maximum atomic E-state index is 12.5. The monoisotopic (exact) mass is 354 g/mol. The van der Waals surface area contributed by atoms with Gasteiger partial charge in [0.05, 0.1) is 29.9 Å². The number of carbonyl (C=O) groups excluding carboxylic acids is 1. The quantitative estimate of drug-likeness (QED) is 0.843. The van der Waals surface area contributed by atoms with Crippen LogP contribution in [0.3, 0.4) is 0 Å². The maximum Gasteiger partial charge on any atom is 0.255 e. The summed E-state index contributed by atoms with van der Waals surface area (Å²) >= 11 is 4.99. The van der Waals surface area contributed by atoms with Crippen LogP contribution in [0.25, 0.3) is 0 Å². The first-order valence-corrected chi connectivity index (χ1v) is 7.68. The average Bonchev–Trinajstić information content (AvgIpc) is 2.84. The smallest absolute Gasteiger partial charge is 0.255 e. The third-order valence-electron chi connectivity index (χ3n) is 2.82. The number of aromatic nitrogens is 1. The number of halogens is 1. The minimum Gasteiger partial charge on any atom is -0.497 e. The summed E-state index contributed by atoms with van der Waals surface area (Å²) in [5.41, 5.74) is 1.49. The van der Waals surface area contributed by atoms with Crippen LogP contribution in [0.4, 0.5) is 0 Å². The van der Waals surface area contributed by atoms with Gasteiger partial charge in [0.25, 0.3) is 5.91 Å². The molecule has 0 fully saturated rings. The summed E-state index contributed by atoms with van der Waals surface area (Å²) in [6.45, 7) is 2.45. The predicted molar refractivity (Wildman–Crippen MR) is 83.3 cm³/mol. The Bertz CT molecular complexity index is 627. The number of benzene rings is 1. The third kappa shape index (κ3) is 3.37.